The third-order valence-corrected chi connectivity index (χ3v) is 3.98. The molecule has 24 heavy (non-hydrogen) atoms. The van der Waals surface area contributed by atoms with Crippen LogP contribution in [0.1, 0.15) is 13.3 Å². The molecule has 1 fully saturated rings. The van der Waals surface area contributed by atoms with Gasteiger partial charge in [-0.25, -0.2) is 4.79 Å². The topological polar surface area (TPSA) is 90.5 Å². The van der Waals surface area contributed by atoms with E-state index < -0.39 is 6.03 Å². The van der Waals surface area contributed by atoms with E-state index >= 15 is 0 Å². The van der Waals surface area contributed by atoms with Crippen LogP contribution in [0.4, 0.5) is 10.6 Å². The van der Waals surface area contributed by atoms with Crippen LogP contribution in [0, 0.1) is 0 Å². The highest BCUT2D eigenvalue weighted by Gasteiger charge is 2.25. The molecule has 130 valence electrons. The predicted molar refractivity (Wildman–Crippen MR) is 91.6 cm³/mol. The molecule has 1 aromatic heterocycles. The van der Waals surface area contributed by atoms with E-state index in [9.17, 15) is 9.59 Å². The van der Waals surface area contributed by atoms with Crippen LogP contribution in [0.15, 0.2) is 31.0 Å². The molecule has 1 aliphatic heterocycles. The molecule has 0 aromatic carbocycles. The summed E-state index contributed by atoms with van der Waals surface area (Å²) in [5, 5.41) is 12.9. The number of hydrogen-bond donors (Lipinski definition) is 2. The number of nitrogens with zero attached hydrogens (tertiary/aromatic N) is 4. The van der Waals surface area contributed by atoms with Gasteiger partial charge < -0.3 is 10.2 Å². The fourth-order valence-corrected chi connectivity index (χ4v) is 2.61. The van der Waals surface area contributed by atoms with Crippen LogP contribution >= 0.6 is 0 Å². The van der Waals surface area contributed by atoms with Crippen molar-refractivity contribution in [3.63, 3.8) is 0 Å². The number of rotatable bonds is 5. The first-order chi connectivity index (χ1) is 11.6. The number of urea groups is 1. The molecular formula is C16H24N6O2. The molecule has 0 spiro atoms. The summed E-state index contributed by atoms with van der Waals surface area (Å²) in [6.07, 6.45) is 4.12. The lowest BCUT2D eigenvalue weighted by molar-refractivity contribution is -0.124. The van der Waals surface area contributed by atoms with Gasteiger partial charge in [-0.1, -0.05) is 6.08 Å². The fourth-order valence-electron chi connectivity index (χ4n) is 2.61. The SMILES string of the molecule is C=CCNC(=O)NC(=O)[C@H](C)N1CCCN(c2cccnn2)CC1. The lowest BCUT2D eigenvalue weighted by Gasteiger charge is -2.26. The average molecular weight is 332 g/mol. The third-order valence-electron chi connectivity index (χ3n) is 3.98. The van der Waals surface area contributed by atoms with Gasteiger partial charge in [0.05, 0.1) is 6.04 Å². The first-order valence-electron chi connectivity index (χ1n) is 8.08. The molecule has 2 heterocycles. The smallest absolute Gasteiger partial charge is 0.321 e. The Bertz CT molecular complexity index is 565. The van der Waals surface area contributed by atoms with Crippen LogP contribution in [0.2, 0.25) is 0 Å². The molecule has 0 radical (unpaired) electrons. The third kappa shape index (κ3) is 5.02. The van der Waals surface area contributed by atoms with Gasteiger partial charge in [0.25, 0.3) is 0 Å². The normalized spacial score (nSPS) is 16.8. The van der Waals surface area contributed by atoms with E-state index in [1.165, 1.54) is 0 Å². The van der Waals surface area contributed by atoms with E-state index in [1.54, 1.807) is 12.3 Å². The average Bonchev–Trinajstić information content (AvgIpc) is 2.86. The van der Waals surface area contributed by atoms with Crippen molar-refractivity contribution in [2.75, 3.05) is 37.6 Å². The molecule has 0 unspecified atom stereocenters. The number of imide groups is 1. The van der Waals surface area contributed by atoms with Crippen molar-refractivity contribution in [1.29, 1.82) is 0 Å². The first kappa shape index (κ1) is 17.9. The number of nitrogens with one attached hydrogen (secondary N) is 2. The Kier molecular flexibility index (Phi) is 6.68. The zero-order chi connectivity index (χ0) is 17.4. The van der Waals surface area contributed by atoms with Gasteiger partial charge in [-0.3, -0.25) is 15.0 Å². The van der Waals surface area contributed by atoms with E-state index in [0.717, 1.165) is 38.4 Å². The monoisotopic (exact) mass is 332 g/mol. The van der Waals surface area contributed by atoms with Crippen molar-refractivity contribution in [2.45, 2.75) is 19.4 Å². The van der Waals surface area contributed by atoms with Crippen molar-refractivity contribution < 1.29 is 9.59 Å². The van der Waals surface area contributed by atoms with E-state index in [0.29, 0.717) is 6.54 Å². The summed E-state index contributed by atoms with van der Waals surface area (Å²) >= 11 is 0. The van der Waals surface area contributed by atoms with Crippen LogP contribution in [-0.4, -0.2) is 65.8 Å². The summed E-state index contributed by atoms with van der Waals surface area (Å²) in [5.74, 6) is 0.546. The van der Waals surface area contributed by atoms with Crippen LogP contribution < -0.4 is 15.5 Å². The second-order valence-electron chi connectivity index (χ2n) is 5.62. The van der Waals surface area contributed by atoms with Crippen LogP contribution in [-0.2, 0) is 4.79 Å². The summed E-state index contributed by atoms with van der Waals surface area (Å²) in [5.41, 5.74) is 0. The second kappa shape index (κ2) is 8.97. The molecule has 1 atom stereocenters. The van der Waals surface area contributed by atoms with Gasteiger partial charge in [-0.2, -0.15) is 5.10 Å². The van der Waals surface area contributed by atoms with Gasteiger partial charge in [-0.15, -0.1) is 11.7 Å². The van der Waals surface area contributed by atoms with Gasteiger partial charge in [-0.05, 0) is 25.5 Å². The van der Waals surface area contributed by atoms with Gasteiger partial charge in [0, 0.05) is 38.9 Å². The molecule has 2 N–H and O–H groups in total. The summed E-state index contributed by atoms with van der Waals surface area (Å²) in [7, 11) is 0. The number of hydrogen-bond acceptors (Lipinski definition) is 6. The number of anilines is 1. The fraction of sp³-hybridized carbons (Fsp3) is 0.500. The Morgan fingerprint density at radius 3 is 2.92 bits per heavy atom. The maximum Gasteiger partial charge on any atom is 0.321 e. The van der Waals surface area contributed by atoms with Crippen molar-refractivity contribution >= 4 is 17.8 Å². The van der Waals surface area contributed by atoms with Gasteiger partial charge in [0.2, 0.25) is 5.91 Å². The molecule has 1 aromatic rings. The summed E-state index contributed by atoms with van der Waals surface area (Å²) < 4.78 is 0. The second-order valence-corrected chi connectivity index (χ2v) is 5.62. The Morgan fingerprint density at radius 1 is 1.38 bits per heavy atom. The van der Waals surface area contributed by atoms with Gasteiger partial charge in [0.15, 0.2) is 5.82 Å². The maximum absolute atomic E-state index is 12.2. The van der Waals surface area contributed by atoms with E-state index in [-0.39, 0.29) is 11.9 Å². The highest BCUT2D eigenvalue weighted by Crippen LogP contribution is 2.13. The van der Waals surface area contributed by atoms with Gasteiger partial charge in [0.1, 0.15) is 0 Å². The van der Waals surface area contributed by atoms with Crippen molar-refractivity contribution in [3.8, 4) is 0 Å². The van der Waals surface area contributed by atoms with Crippen molar-refractivity contribution in [2.24, 2.45) is 0 Å². The minimum absolute atomic E-state index is 0.301. The maximum atomic E-state index is 12.2. The highest BCUT2D eigenvalue weighted by molar-refractivity contribution is 5.96. The molecule has 8 heteroatoms. The Labute approximate surface area is 141 Å². The molecule has 8 nitrogen and oxygen atoms in total. The largest absolute Gasteiger partial charge is 0.354 e. The minimum atomic E-state index is -0.497. The number of carbonyl (C=O) groups excluding carboxylic acids is 2. The molecule has 0 saturated carbocycles. The molecule has 1 saturated heterocycles. The van der Waals surface area contributed by atoms with E-state index in [4.69, 9.17) is 0 Å². The predicted octanol–water partition coefficient (Wildman–Crippen LogP) is 0.389. The lowest BCUT2D eigenvalue weighted by atomic mass is 10.2. The number of aromatic nitrogens is 2. The summed E-state index contributed by atoms with van der Waals surface area (Å²) in [4.78, 5) is 28.0. The van der Waals surface area contributed by atoms with Crippen molar-refractivity contribution in [1.82, 2.24) is 25.7 Å². The zero-order valence-electron chi connectivity index (χ0n) is 13.9. The van der Waals surface area contributed by atoms with Gasteiger partial charge >= 0.3 is 6.03 Å². The molecule has 3 amide bonds. The van der Waals surface area contributed by atoms with E-state index in [2.05, 4.69) is 37.2 Å². The standard InChI is InChI=1S/C16H24N6O2/c1-3-7-17-16(24)19-15(23)13(2)21-9-5-10-22(12-11-21)14-6-4-8-18-20-14/h3-4,6,8,13H,1,5,7,9-12H2,2H3,(H2,17,19,23,24)/t13-/m0/s1. The molecular weight excluding hydrogens is 308 g/mol. The van der Waals surface area contributed by atoms with Crippen LogP contribution in [0.3, 0.4) is 0 Å². The molecule has 1 aliphatic rings. The van der Waals surface area contributed by atoms with Crippen LogP contribution in [0.5, 0.6) is 0 Å². The highest BCUT2D eigenvalue weighted by atomic mass is 16.2. The number of carbonyl (C=O) groups is 2. The molecule has 0 aliphatic carbocycles. The lowest BCUT2D eigenvalue weighted by Crippen LogP contribution is -2.50. The Morgan fingerprint density at radius 2 is 2.21 bits per heavy atom. The van der Waals surface area contributed by atoms with Crippen molar-refractivity contribution in [3.05, 3.63) is 31.0 Å². The Balaban J connectivity index is 1.87. The molecule has 0 bridgehead atoms. The minimum Gasteiger partial charge on any atom is -0.354 e. The zero-order valence-corrected chi connectivity index (χ0v) is 13.9. The Hall–Kier alpha value is -2.48. The first-order valence-corrected chi connectivity index (χ1v) is 8.08. The van der Waals surface area contributed by atoms with E-state index in [1.807, 2.05) is 19.1 Å². The van der Waals surface area contributed by atoms with Crippen LogP contribution in [0.25, 0.3) is 0 Å². The molecule has 2 rings (SSSR count). The quantitative estimate of drug-likeness (QED) is 0.758. The summed E-state index contributed by atoms with van der Waals surface area (Å²) in [6.45, 7) is 8.79. The number of amides is 3. The summed E-state index contributed by atoms with van der Waals surface area (Å²) in [6, 6.07) is 2.93.